The molecule has 1 aromatic carbocycles. The van der Waals surface area contributed by atoms with Gasteiger partial charge in [0.05, 0.1) is 0 Å². The standard InChI is InChI=1S/C13H12F6O5S/c14-12(15,16)11(13(17,18)19,8-25(21,22)23)24-10(20)7-6-9-4-2-1-3-5-9/h1-5H,6-8H2,(H,21,22,23). The van der Waals surface area contributed by atoms with Gasteiger partial charge in [-0.05, 0) is 12.0 Å². The van der Waals surface area contributed by atoms with Crippen molar-refractivity contribution >= 4 is 16.1 Å². The fourth-order valence-corrected chi connectivity index (χ4v) is 2.76. The average molecular weight is 394 g/mol. The fourth-order valence-electron chi connectivity index (χ4n) is 1.86. The molecule has 0 heterocycles. The van der Waals surface area contributed by atoms with Crippen molar-refractivity contribution < 1.29 is 48.8 Å². The van der Waals surface area contributed by atoms with E-state index < -0.39 is 46.2 Å². The Kier molecular flexibility index (Phi) is 6.11. The second-order valence-corrected chi connectivity index (χ2v) is 6.46. The van der Waals surface area contributed by atoms with E-state index in [1.807, 2.05) is 0 Å². The third-order valence-corrected chi connectivity index (χ3v) is 3.82. The Morgan fingerprint density at radius 1 is 1.00 bits per heavy atom. The van der Waals surface area contributed by atoms with Crippen LogP contribution in [0.4, 0.5) is 26.3 Å². The summed E-state index contributed by atoms with van der Waals surface area (Å²) in [5.41, 5.74) is -4.92. The lowest BCUT2D eigenvalue weighted by Crippen LogP contribution is -2.63. The van der Waals surface area contributed by atoms with Crippen molar-refractivity contribution in [1.29, 1.82) is 0 Å². The van der Waals surface area contributed by atoms with Gasteiger partial charge in [-0.1, -0.05) is 30.3 Å². The van der Waals surface area contributed by atoms with Crippen LogP contribution in [0.5, 0.6) is 0 Å². The fraction of sp³-hybridized carbons (Fsp3) is 0.462. The highest BCUT2D eigenvalue weighted by Crippen LogP contribution is 2.47. The second kappa shape index (κ2) is 7.20. The maximum Gasteiger partial charge on any atom is 0.438 e. The number of hydrogen-bond acceptors (Lipinski definition) is 4. The number of benzene rings is 1. The largest absolute Gasteiger partial charge is 0.438 e. The van der Waals surface area contributed by atoms with Crippen molar-refractivity contribution in [1.82, 2.24) is 0 Å². The minimum absolute atomic E-state index is 0.225. The van der Waals surface area contributed by atoms with E-state index in [2.05, 4.69) is 4.74 Å². The van der Waals surface area contributed by atoms with Crippen LogP contribution in [0.1, 0.15) is 12.0 Å². The van der Waals surface area contributed by atoms with Crippen LogP contribution in [0.3, 0.4) is 0 Å². The van der Waals surface area contributed by atoms with Crippen molar-refractivity contribution in [3.8, 4) is 0 Å². The molecule has 0 bridgehead atoms. The van der Waals surface area contributed by atoms with Crippen LogP contribution in [0.15, 0.2) is 30.3 Å². The van der Waals surface area contributed by atoms with E-state index in [1.165, 1.54) is 24.3 Å². The van der Waals surface area contributed by atoms with E-state index in [-0.39, 0.29) is 6.42 Å². The summed E-state index contributed by atoms with van der Waals surface area (Å²) in [6.45, 7) is 0. The van der Waals surface area contributed by atoms with Crippen LogP contribution in [-0.4, -0.2) is 42.6 Å². The van der Waals surface area contributed by atoms with E-state index in [0.717, 1.165) is 0 Å². The van der Waals surface area contributed by atoms with Crippen molar-refractivity contribution in [3.63, 3.8) is 0 Å². The first-order valence-electron chi connectivity index (χ1n) is 6.52. The summed E-state index contributed by atoms with van der Waals surface area (Å²) in [5.74, 6) is -4.80. The first-order valence-corrected chi connectivity index (χ1v) is 8.13. The molecule has 0 aliphatic heterocycles. The lowest BCUT2D eigenvalue weighted by Gasteiger charge is -2.35. The lowest BCUT2D eigenvalue weighted by atomic mass is 10.1. The molecule has 5 nitrogen and oxygen atoms in total. The molecule has 0 aliphatic rings. The number of alkyl halides is 6. The molecule has 1 N–H and O–H groups in total. The molecule has 12 heteroatoms. The van der Waals surface area contributed by atoms with Crippen LogP contribution in [0, 0.1) is 0 Å². The average Bonchev–Trinajstić information content (AvgIpc) is 2.41. The third-order valence-electron chi connectivity index (χ3n) is 3.05. The molecule has 142 valence electrons. The minimum Gasteiger partial charge on any atom is -0.438 e. The number of esters is 1. The van der Waals surface area contributed by atoms with Crippen LogP contribution >= 0.6 is 0 Å². The van der Waals surface area contributed by atoms with Crippen molar-refractivity contribution in [3.05, 3.63) is 35.9 Å². The van der Waals surface area contributed by atoms with Gasteiger partial charge in [0, 0.05) is 6.42 Å². The summed E-state index contributed by atoms with van der Waals surface area (Å²) in [5, 5.41) is 0. The highest BCUT2D eigenvalue weighted by atomic mass is 32.2. The molecule has 0 aromatic heterocycles. The quantitative estimate of drug-likeness (QED) is 0.456. The summed E-state index contributed by atoms with van der Waals surface area (Å²) >= 11 is 0. The first kappa shape index (κ1) is 21.2. The second-order valence-electron chi connectivity index (χ2n) is 5.01. The zero-order valence-corrected chi connectivity index (χ0v) is 13.1. The molecule has 0 saturated heterocycles. The van der Waals surface area contributed by atoms with Crippen molar-refractivity contribution in [2.45, 2.75) is 30.8 Å². The monoisotopic (exact) mass is 394 g/mol. The lowest BCUT2D eigenvalue weighted by molar-refractivity contribution is -0.361. The predicted molar refractivity (Wildman–Crippen MR) is 72.1 cm³/mol. The topological polar surface area (TPSA) is 80.7 Å². The minimum atomic E-state index is -6.32. The molecule has 0 spiro atoms. The van der Waals surface area contributed by atoms with E-state index in [9.17, 15) is 39.6 Å². The van der Waals surface area contributed by atoms with Gasteiger partial charge in [-0.25, -0.2) is 0 Å². The zero-order valence-electron chi connectivity index (χ0n) is 12.3. The van der Waals surface area contributed by atoms with Gasteiger partial charge in [-0.2, -0.15) is 34.8 Å². The summed E-state index contributed by atoms with van der Waals surface area (Å²) < 4.78 is 111. The number of rotatable bonds is 6. The molecule has 0 unspecified atom stereocenters. The molecule has 0 fully saturated rings. The van der Waals surface area contributed by atoms with Crippen LogP contribution < -0.4 is 0 Å². The van der Waals surface area contributed by atoms with Crippen LogP contribution in [-0.2, 0) is 26.1 Å². The van der Waals surface area contributed by atoms with Crippen LogP contribution in [0.2, 0.25) is 0 Å². The summed E-state index contributed by atoms with van der Waals surface area (Å²) in [6, 6.07) is 7.63. The van der Waals surface area contributed by atoms with Crippen LogP contribution in [0.25, 0.3) is 0 Å². The predicted octanol–water partition coefficient (Wildman–Crippen LogP) is 2.91. The Morgan fingerprint density at radius 3 is 1.88 bits per heavy atom. The molecule has 1 rings (SSSR count). The normalized spacial score (nSPS) is 13.6. The Bertz CT molecular complexity index is 682. The summed E-state index contributed by atoms with van der Waals surface area (Å²) in [4.78, 5) is 11.5. The van der Waals surface area contributed by atoms with E-state index >= 15 is 0 Å². The highest BCUT2D eigenvalue weighted by Gasteiger charge is 2.75. The molecule has 0 aliphatic carbocycles. The highest BCUT2D eigenvalue weighted by molar-refractivity contribution is 7.85. The Hall–Kier alpha value is -1.82. The van der Waals surface area contributed by atoms with Gasteiger partial charge in [0.15, 0.2) is 0 Å². The molecular weight excluding hydrogens is 382 g/mol. The number of ether oxygens (including phenoxy) is 1. The molecular formula is C13H12F6O5S. The number of carbonyl (C=O) groups excluding carboxylic acids is 1. The number of hydrogen-bond donors (Lipinski definition) is 1. The van der Waals surface area contributed by atoms with E-state index in [1.54, 1.807) is 6.07 Å². The molecule has 0 radical (unpaired) electrons. The number of halogens is 6. The van der Waals surface area contributed by atoms with Gasteiger partial charge < -0.3 is 4.74 Å². The summed E-state index contributed by atoms with van der Waals surface area (Å²) in [7, 11) is -5.78. The SMILES string of the molecule is O=C(CCc1ccccc1)OC(CS(=O)(=O)O)(C(F)(F)F)C(F)(F)F. The Balaban J connectivity index is 3.09. The molecule has 1 aromatic rings. The van der Waals surface area contributed by atoms with Gasteiger partial charge in [-0.3, -0.25) is 9.35 Å². The first-order chi connectivity index (χ1) is 11.2. The Labute approximate surface area is 138 Å². The maximum atomic E-state index is 13.0. The zero-order chi connectivity index (χ0) is 19.5. The summed E-state index contributed by atoms with van der Waals surface area (Å²) in [6.07, 6.45) is -13.7. The van der Waals surface area contributed by atoms with Gasteiger partial charge in [-0.15, -0.1) is 0 Å². The Morgan fingerprint density at radius 2 is 1.48 bits per heavy atom. The maximum absolute atomic E-state index is 13.0. The molecule has 0 amide bonds. The molecule has 25 heavy (non-hydrogen) atoms. The van der Waals surface area contributed by atoms with Crippen molar-refractivity contribution in [2.24, 2.45) is 0 Å². The molecule has 0 atom stereocenters. The van der Waals surface area contributed by atoms with Gasteiger partial charge in [0.2, 0.25) is 0 Å². The number of carbonyl (C=O) groups is 1. The van der Waals surface area contributed by atoms with E-state index in [4.69, 9.17) is 4.55 Å². The van der Waals surface area contributed by atoms with Gasteiger partial charge >= 0.3 is 23.9 Å². The van der Waals surface area contributed by atoms with Gasteiger partial charge in [0.25, 0.3) is 10.1 Å². The van der Waals surface area contributed by atoms with E-state index in [0.29, 0.717) is 5.56 Å². The molecule has 0 saturated carbocycles. The number of aryl methyl sites for hydroxylation is 1. The third kappa shape index (κ3) is 5.59. The van der Waals surface area contributed by atoms with Gasteiger partial charge in [0.1, 0.15) is 5.75 Å². The van der Waals surface area contributed by atoms with Crippen molar-refractivity contribution in [2.75, 3.05) is 5.75 Å². The smallest absolute Gasteiger partial charge is 0.438 e.